The summed E-state index contributed by atoms with van der Waals surface area (Å²) in [6.45, 7) is 6.49. The maximum Gasteiger partial charge on any atom is 0.237 e. The van der Waals surface area contributed by atoms with E-state index in [9.17, 15) is 0 Å². The van der Waals surface area contributed by atoms with Crippen molar-refractivity contribution in [3.05, 3.63) is 49.1 Å². The summed E-state index contributed by atoms with van der Waals surface area (Å²) < 4.78 is 7.42. The molecule has 6 nitrogen and oxygen atoms in total. The Morgan fingerprint density at radius 2 is 1.93 bits per heavy atom. The molecule has 0 bridgehead atoms. The van der Waals surface area contributed by atoms with Gasteiger partial charge in [-0.2, -0.15) is 0 Å². The standard InChI is InChI=1S/C21H25N5O/c1-15(25-9-5-4-6-10-25)19-13-23-20-8-7-16(14-26(19)20)17-11-18(22-2)21(27-3)24-12-17/h7-8,11-14,22H,1,4-6,9-10H2,2-3H3. The zero-order valence-corrected chi connectivity index (χ0v) is 15.9. The van der Waals surface area contributed by atoms with Gasteiger partial charge in [0.25, 0.3) is 0 Å². The van der Waals surface area contributed by atoms with Gasteiger partial charge < -0.3 is 15.0 Å². The zero-order valence-electron chi connectivity index (χ0n) is 15.9. The van der Waals surface area contributed by atoms with Crippen LogP contribution in [0.1, 0.15) is 25.0 Å². The van der Waals surface area contributed by atoms with Gasteiger partial charge in [0, 0.05) is 43.7 Å². The third-order valence-corrected chi connectivity index (χ3v) is 5.19. The first-order valence-corrected chi connectivity index (χ1v) is 9.35. The second-order valence-electron chi connectivity index (χ2n) is 6.81. The Kier molecular flexibility index (Phi) is 4.71. The number of anilines is 1. The molecule has 0 amide bonds. The van der Waals surface area contributed by atoms with E-state index in [1.54, 1.807) is 7.11 Å². The van der Waals surface area contributed by atoms with Gasteiger partial charge >= 0.3 is 0 Å². The zero-order chi connectivity index (χ0) is 18.8. The minimum absolute atomic E-state index is 0.587. The molecule has 0 atom stereocenters. The molecule has 0 saturated carbocycles. The summed E-state index contributed by atoms with van der Waals surface area (Å²) in [4.78, 5) is 11.3. The molecule has 0 aromatic carbocycles. The SMILES string of the molecule is C=C(c1cnc2ccc(-c3cnc(OC)c(NC)c3)cn12)N1CCCCC1. The predicted molar refractivity (Wildman–Crippen MR) is 109 cm³/mol. The molecule has 4 rings (SSSR count). The van der Waals surface area contributed by atoms with Crippen LogP contribution in [0.2, 0.25) is 0 Å². The van der Waals surface area contributed by atoms with E-state index in [4.69, 9.17) is 4.74 Å². The van der Waals surface area contributed by atoms with Crippen molar-refractivity contribution in [3.8, 4) is 17.0 Å². The molecule has 3 aromatic heterocycles. The van der Waals surface area contributed by atoms with Crippen LogP contribution in [0.3, 0.4) is 0 Å². The van der Waals surface area contributed by atoms with E-state index in [2.05, 4.69) is 43.4 Å². The van der Waals surface area contributed by atoms with Gasteiger partial charge in [-0.25, -0.2) is 9.97 Å². The van der Waals surface area contributed by atoms with Gasteiger partial charge in [0.05, 0.1) is 30.4 Å². The van der Waals surface area contributed by atoms with Crippen molar-refractivity contribution in [3.63, 3.8) is 0 Å². The number of nitrogens with zero attached hydrogens (tertiary/aromatic N) is 4. The molecule has 3 aromatic rings. The van der Waals surface area contributed by atoms with Gasteiger partial charge in [0.15, 0.2) is 0 Å². The van der Waals surface area contributed by atoms with Gasteiger partial charge in [0.1, 0.15) is 5.65 Å². The molecular formula is C21H25N5O. The summed E-state index contributed by atoms with van der Waals surface area (Å²) in [5.41, 5.74) is 5.96. The minimum atomic E-state index is 0.587. The predicted octanol–water partition coefficient (Wildman–Crippen LogP) is 3.90. The van der Waals surface area contributed by atoms with Crippen molar-refractivity contribution in [1.29, 1.82) is 0 Å². The second kappa shape index (κ2) is 7.31. The Bertz CT molecular complexity index is 972. The number of piperidine rings is 1. The van der Waals surface area contributed by atoms with Crippen molar-refractivity contribution >= 4 is 17.0 Å². The highest BCUT2D eigenvalue weighted by Gasteiger charge is 2.17. The summed E-state index contributed by atoms with van der Waals surface area (Å²) in [6.07, 6.45) is 9.62. The summed E-state index contributed by atoms with van der Waals surface area (Å²) in [7, 11) is 3.49. The van der Waals surface area contributed by atoms with Gasteiger partial charge in [-0.3, -0.25) is 4.40 Å². The van der Waals surface area contributed by atoms with E-state index in [1.165, 1.54) is 19.3 Å². The molecule has 6 heteroatoms. The first-order chi connectivity index (χ1) is 13.2. The molecule has 1 saturated heterocycles. The maximum absolute atomic E-state index is 5.30. The molecule has 1 fully saturated rings. The van der Waals surface area contributed by atoms with E-state index >= 15 is 0 Å². The molecule has 1 N–H and O–H groups in total. The van der Waals surface area contributed by atoms with Gasteiger partial charge in [-0.15, -0.1) is 0 Å². The number of methoxy groups -OCH3 is 1. The Morgan fingerprint density at radius 1 is 1.11 bits per heavy atom. The molecular weight excluding hydrogens is 338 g/mol. The van der Waals surface area contributed by atoms with Crippen LogP contribution in [0.25, 0.3) is 22.5 Å². The topological polar surface area (TPSA) is 54.7 Å². The number of imidazole rings is 1. The first kappa shape index (κ1) is 17.4. The van der Waals surface area contributed by atoms with Crippen LogP contribution < -0.4 is 10.1 Å². The van der Waals surface area contributed by atoms with Crippen LogP contribution in [-0.4, -0.2) is 46.5 Å². The highest BCUT2D eigenvalue weighted by atomic mass is 16.5. The largest absolute Gasteiger partial charge is 0.480 e. The van der Waals surface area contributed by atoms with Crippen molar-refractivity contribution < 1.29 is 4.74 Å². The van der Waals surface area contributed by atoms with Crippen molar-refractivity contribution in [2.24, 2.45) is 0 Å². The fourth-order valence-corrected chi connectivity index (χ4v) is 3.64. The van der Waals surface area contributed by atoms with Gasteiger partial charge in [0.2, 0.25) is 5.88 Å². The van der Waals surface area contributed by atoms with Crippen LogP contribution in [0, 0.1) is 0 Å². The maximum atomic E-state index is 5.30. The van der Waals surface area contributed by atoms with Crippen LogP contribution in [0.5, 0.6) is 5.88 Å². The molecule has 0 unspecified atom stereocenters. The molecule has 1 aliphatic heterocycles. The lowest BCUT2D eigenvalue weighted by atomic mass is 10.1. The Labute approximate surface area is 159 Å². The van der Waals surface area contributed by atoms with Crippen LogP contribution in [-0.2, 0) is 0 Å². The van der Waals surface area contributed by atoms with E-state index in [-0.39, 0.29) is 0 Å². The number of rotatable bonds is 5. The highest BCUT2D eigenvalue weighted by Crippen LogP contribution is 2.29. The van der Waals surface area contributed by atoms with Crippen LogP contribution in [0.4, 0.5) is 5.69 Å². The van der Waals surface area contributed by atoms with Gasteiger partial charge in [-0.1, -0.05) is 6.58 Å². The monoisotopic (exact) mass is 363 g/mol. The number of likely N-dealkylation sites (tertiary alicyclic amines) is 1. The van der Waals surface area contributed by atoms with Crippen molar-refractivity contribution in [1.82, 2.24) is 19.3 Å². The summed E-state index contributed by atoms with van der Waals surface area (Å²) in [5, 5.41) is 3.13. The molecule has 4 heterocycles. The third-order valence-electron chi connectivity index (χ3n) is 5.19. The fourth-order valence-electron chi connectivity index (χ4n) is 3.64. The summed E-state index contributed by atoms with van der Waals surface area (Å²) in [5.74, 6) is 0.587. The van der Waals surface area contributed by atoms with Crippen LogP contribution in [0.15, 0.2) is 43.4 Å². The number of aromatic nitrogens is 3. The molecule has 27 heavy (non-hydrogen) atoms. The summed E-state index contributed by atoms with van der Waals surface area (Å²) in [6, 6.07) is 6.15. The van der Waals surface area contributed by atoms with E-state index in [0.717, 1.165) is 46.9 Å². The van der Waals surface area contributed by atoms with Gasteiger partial charge in [-0.05, 0) is 37.5 Å². The number of hydrogen-bond acceptors (Lipinski definition) is 5. The van der Waals surface area contributed by atoms with E-state index < -0.39 is 0 Å². The molecule has 140 valence electrons. The van der Waals surface area contributed by atoms with Crippen molar-refractivity contribution in [2.75, 3.05) is 32.6 Å². The van der Waals surface area contributed by atoms with E-state index in [0.29, 0.717) is 5.88 Å². The molecule has 0 radical (unpaired) electrons. The Balaban J connectivity index is 1.72. The highest BCUT2D eigenvalue weighted by molar-refractivity contribution is 5.71. The molecule has 1 aliphatic rings. The Morgan fingerprint density at radius 3 is 2.67 bits per heavy atom. The smallest absolute Gasteiger partial charge is 0.237 e. The average molecular weight is 363 g/mol. The second-order valence-corrected chi connectivity index (χ2v) is 6.81. The van der Waals surface area contributed by atoms with Crippen LogP contribution >= 0.6 is 0 Å². The first-order valence-electron chi connectivity index (χ1n) is 9.35. The average Bonchev–Trinajstić information content (AvgIpc) is 3.16. The normalized spacial score (nSPS) is 14.4. The number of pyridine rings is 2. The lowest BCUT2D eigenvalue weighted by Gasteiger charge is -2.30. The molecule has 0 aliphatic carbocycles. The van der Waals surface area contributed by atoms with E-state index in [1.807, 2.05) is 31.6 Å². The lowest BCUT2D eigenvalue weighted by Crippen LogP contribution is -2.28. The molecule has 0 spiro atoms. The fraction of sp³-hybridized carbons (Fsp3) is 0.333. The quantitative estimate of drug-likeness (QED) is 0.745. The summed E-state index contributed by atoms with van der Waals surface area (Å²) >= 11 is 0. The lowest BCUT2D eigenvalue weighted by molar-refractivity contribution is 0.325. The van der Waals surface area contributed by atoms with Crippen molar-refractivity contribution in [2.45, 2.75) is 19.3 Å². The number of fused-ring (bicyclic) bond motifs is 1. The number of ether oxygens (including phenoxy) is 1. The number of nitrogens with one attached hydrogen (secondary N) is 1. The number of hydrogen-bond donors (Lipinski definition) is 1. The minimum Gasteiger partial charge on any atom is -0.480 e. The third kappa shape index (κ3) is 3.23. The Hall–Kier alpha value is -3.02.